The number of nitrogens with zero attached hydrogens (tertiary/aromatic N) is 2. The molecule has 0 aliphatic rings. The fourth-order valence-corrected chi connectivity index (χ4v) is 4.45. The van der Waals surface area contributed by atoms with Gasteiger partial charge in [0, 0.05) is 46.2 Å². The van der Waals surface area contributed by atoms with E-state index in [2.05, 4.69) is 0 Å². The predicted octanol–water partition coefficient (Wildman–Crippen LogP) is 10.00. The van der Waals surface area contributed by atoms with Crippen molar-refractivity contribution in [2.45, 2.75) is 27.7 Å². The van der Waals surface area contributed by atoms with Crippen LogP contribution in [0.5, 0.6) is 0 Å². The van der Waals surface area contributed by atoms with Crippen molar-refractivity contribution in [1.82, 2.24) is 0 Å². The summed E-state index contributed by atoms with van der Waals surface area (Å²) in [4.78, 5) is 51.2. The topological polar surface area (TPSA) is 74.8 Å². The first-order valence-corrected chi connectivity index (χ1v) is 16.8. The molecule has 0 N–H and O–H groups in total. The Morgan fingerprint density at radius 1 is 0.491 bits per heavy atom. The molecule has 0 aliphatic heterocycles. The molecule has 0 saturated heterocycles. The number of halogens is 4. The van der Waals surface area contributed by atoms with Gasteiger partial charge in [-0.3, -0.25) is 29.0 Å². The van der Waals surface area contributed by atoms with Gasteiger partial charge in [-0.1, -0.05) is 64.1 Å². The Balaban J connectivity index is 0.000000298. The van der Waals surface area contributed by atoms with Crippen LogP contribution in [0, 0.1) is 47.2 Å². The number of amides is 4. The largest absolute Gasteiger partial charge is 4.00 e. The Morgan fingerprint density at radius 3 is 1.04 bits per heavy atom. The van der Waals surface area contributed by atoms with Crippen molar-refractivity contribution >= 4 is 35.0 Å². The van der Waals surface area contributed by atoms with Crippen molar-refractivity contribution in [3.05, 3.63) is 192 Å². The second-order valence-corrected chi connectivity index (χ2v) is 11.9. The molecular formula is C44H38F4N2O4Ti. The van der Waals surface area contributed by atoms with Crippen LogP contribution in [0.4, 0.5) is 28.9 Å². The Hall–Kier alpha value is -5.71. The summed E-state index contributed by atoms with van der Waals surface area (Å²) in [5.74, 6) is -7.52. The van der Waals surface area contributed by atoms with Gasteiger partial charge in [0.1, 0.15) is 0 Å². The molecule has 0 heterocycles. The van der Waals surface area contributed by atoms with Gasteiger partial charge in [0.05, 0.1) is 0 Å². The van der Waals surface area contributed by atoms with Gasteiger partial charge in [0.2, 0.25) is 11.8 Å². The first kappa shape index (κ1) is 45.5. The molecule has 0 radical (unpaired) electrons. The van der Waals surface area contributed by atoms with Crippen molar-refractivity contribution in [2.75, 3.05) is 9.80 Å². The Morgan fingerprint density at radius 2 is 0.800 bits per heavy atom. The molecule has 11 heteroatoms. The average Bonchev–Trinajstić information content (AvgIpc) is 3.95. The van der Waals surface area contributed by atoms with Gasteiger partial charge < -0.3 is 0 Å². The number of hydrogen-bond donors (Lipinski definition) is 0. The molecule has 0 aromatic heterocycles. The van der Waals surface area contributed by atoms with Crippen LogP contribution >= 0.6 is 0 Å². The minimum absolute atomic E-state index is 0. The Kier molecular flexibility index (Phi) is 19.1. The van der Waals surface area contributed by atoms with Crippen LogP contribution in [-0.4, -0.2) is 23.6 Å². The Labute approximate surface area is 333 Å². The molecule has 0 saturated carbocycles. The fraction of sp³-hybridized carbons (Fsp3) is 0.136. The van der Waals surface area contributed by atoms with E-state index in [-0.39, 0.29) is 44.2 Å². The molecule has 0 atom stereocenters. The molecule has 55 heavy (non-hydrogen) atoms. The number of hydrogen-bond acceptors (Lipinski definition) is 4. The number of benzene rings is 4. The van der Waals surface area contributed by atoms with E-state index >= 15 is 0 Å². The third kappa shape index (κ3) is 13.9. The van der Waals surface area contributed by atoms with Gasteiger partial charge in [-0.05, 0) is 35.6 Å². The number of carbonyl (C=O) groups is 4. The van der Waals surface area contributed by atoms with Crippen LogP contribution in [0.1, 0.15) is 48.4 Å². The van der Waals surface area contributed by atoms with E-state index in [1.165, 1.54) is 24.3 Å². The number of carbonyl (C=O) groups excluding carboxylic acids is 4. The summed E-state index contributed by atoms with van der Waals surface area (Å²) in [6.07, 6.45) is 0. The van der Waals surface area contributed by atoms with Gasteiger partial charge in [-0.25, -0.2) is 41.8 Å². The van der Waals surface area contributed by atoms with Gasteiger partial charge in [0.25, 0.3) is 11.8 Å². The van der Waals surface area contributed by atoms with E-state index in [0.29, 0.717) is 0 Å². The molecule has 0 spiro atoms. The summed E-state index contributed by atoms with van der Waals surface area (Å²) in [7, 11) is 0. The van der Waals surface area contributed by atoms with Crippen molar-refractivity contribution in [3.8, 4) is 0 Å². The molecule has 0 fully saturated rings. The number of imide groups is 2. The SMILES string of the molecule is CC(C)C(=O)N(C(=O)c1ccccc1)c1ccc(F)[c-]c1F.CC(C)C(=O)N(C(=O)c1ccccc1)c1ccc(F)[c-]c1F.[Ti+4].c1cc[cH-]c1.c1cc[cH-]c1. The number of anilines is 2. The van der Waals surface area contributed by atoms with Gasteiger partial charge in [-0.2, -0.15) is 36.4 Å². The zero-order chi connectivity index (χ0) is 39.6. The average molecular weight is 783 g/mol. The van der Waals surface area contributed by atoms with Crippen LogP contribution in [0.25, 0.3) is 0 Å². The molecule has 6 aromatic rings. The first-order valence-electron chi connectivity index (χ1n) is 16.8. The summed E-state index contributed by atoms with van der Waals surface area (Å²) in [5, 5.41) is 0. The standard InChI is InChI=1S/2C17H14F2NO2.2C5H5.Ti/c2*1-11(2)16(21)20(15-9-8-13(18)10-14(15)19)17(22)12-6-4-3-5-7-12;2*1-2-4-5-3-1;/h2*3-9,11H,1-2H3;2*1-5H;/q4*-1;+4. The van der Waals surface area contributed by atoms with E-state index < -0.39 is 58.7 Å². The molecule has 0 aliphatic carbocycles. The maximum atomic E-state index is 14.0. The molecule has 0 bridgehead atoms. The fourth-order valence-electron chi connectivity index (χ4n) is 4.45. The van der Waals surface area contributed by atoms with Crippen LogP contribution in [-0.2, 0) is 31.3 Å². The molecule has 6 nitrogen and oxygen atoms in total. The maximum absolute atomic E-state index is 14.0. The summed E-state index contributed by atoms with van der Waals surface area (Å²) in [6.45, 7) is 6.38. The smallest absolute Gasteiger partial charge is 0.299 e. The van der Waals surface area contributed by atoms with E-state index in [1.807, 2.05) is 72.8 Å². The monoisotopic (exact) mass is 782 g/mol. The van der Waals surface area contributed by atoms with Crippen molar-refractivity contribution in [3.63, 3.8) is 0 Å². The molecule has 6 rings (SSSR count). The van der Waals surface area contributed by atoms with E-state index in [1.54, 1.807) is 64.1 Å². The van der Waals surface area contributed by atoms with Gasteiger partial charge in [-0.15, -0.1) is 36.4 Å². The van der Waals surface area contributed by atoms with Crippen LogP contribution < -0.4 is 9.80 Å². The molecule has 4 amide bonds. The van der Waals surface area contributed by atoms with Crippen molar-refractivity contribution in [2.24, 2.45) is 11.8 Å². The van der Waals surface area contributed by atoms with Crippen LogP contribution in [0.2, 0.25) is 0 Å². The first-order chi connectivity index (χ1) is 25.8. The predicted molar refractivity (Wildman–Crippen MR) is 201 cm³/mol. The van der Waals surface area contributed by atoms with E-state index in [9.17, 15) is 36.7 Å². The third-order valence-corrected chi connectivity index (χ3v) is 7.15. The van der Waals surface area contributed by atoms with Crippen LogP contribution in [0.15, 0.2) is 146 Å². The summed E-state index contributed by atoms with van der Waals surface area (Å²) >= 11 is 0. The molecular weight excluding hydrogens is 744 g/mol. The van der Waals surface area contributed by atoms with Crippen molar-refractivity contribution in [1.29, 1.82) is 0 Å². The number of rotatable bonds is 6. The summed E-state index contributed by atoms with van der Waals surface area (Å²) < 4.78 is 53.9. The molecule has 6 aromatic carbocycles. The second kappa shape index (κ2) is 23.2. The second-order valence-electron chi connectivity index (χ2n) is 11.9. The quantitative estimate of drug-likeness (QED) is 0.0958. The van der Waals surface area contributed by atoms with Crippen molar-refractivity contribution < 1.29 is 58.5 Å². The molecule has 0 unspecified atom stereocenters. The van der Waals surface area contributed by atoms with Gasteiger partial charge in [0.15, 0.2) is 0 Å². The minimum Gasteiger partial charge on any atom is -0.299 e. The zero-order valence-corrected chi connectivity index (χ0v) is 32.1. The molecule has 280 valence electrons. The normalized spacial score (nSPS) is 9.93. The van der Waals surface area contributed by atoms with E-state index in [4.69, 9.17) is 0 Å². The maximum Gasteiger partial charge on any atom is 4.00 e. The van der Waals surface area contributed by atoms with E-state index in [0.717, 1.165) is 34.1 Å². The van der Waals surface area contributed by atoms with Gasteiger partial charge >= 0.3 is 21.7 Å². The zero-order valence-electron chi connectivity index (χ0n) is 30.6. The van der Waals surface area contributed by atoms with Crippen LogP contribution in [0.3, 0.4) is 0 Å². The third-order valence-electron chi connectivity index (χ3n) is 7.15. The minimum atomic E-state index is -1.08. The Bertz CT molecular complexity index is 1870. The summed E-state index contributed by atoms with van der Waals surface area (Å²) in [6, 6.07) is 43.8. The summed E-state index contributed by atoms with van der Waals surface area (Å²) in [5.41, 5.74) is -0.150.